The minimum Gasteiger partial charge on any atom is -0.350 e. The third-order valence-electron chi connectivity index (χ3n) is 4.92. The molecule has 4 rings (SSSR count). The first-order valence-corrected chi connectivity index (χ1v) is 9.85. The van der Waals surface area contributed by atoms with E-state index in [9.17, 15) is 9.59 Å². The number of amides is 3. The molecule has 1 aromatic carbocycles. The lowest BCUT2D eigenvalue weighted by atomic mass is 10.1. The summed E-state index contributed by atoms with van der Waals surface area (Å²) in [5.41, 5.74) is 2.29. The predicted molar refractivity (Wildman–Crippen MR) is 112 cm³/mol. The van der Waals surface area contributed by atoms with Crippen molar-refractivity contribution in [2.75, 3.05) is 24.5 Å². The number of hydrogen-bond acceptors (Lipinski definition) is 4. The van der Waals surface area contributed by atoms with Crippen molar-refractivity contribution in [3.63, 3.8) is 0 Å². The van der Waals surface area contributed by atoms with Crippen molar-refractivity contribution >= 4 is 23.6 Å². The predicted octanol–water partition coefficient (Wildman–Crippen LogP) is 2.49. The second kappa shape index (κ2) is 7.02. The van der Waals surface area contributed by atoms with Crippen molar-refractivity contribution in [3.8, 4) is 5.69 Å². The van der Waals surface area contributed by atoms with Crippen molar-refractivity contribution in [1.82, 2.24) is 20.0 Å². The summed E-state index contributed by atoms with van der Waals surface area (Å²) in [5, 5.41) is 7.51. The Morgan fingerprint density at radius 3 is 2.72 bits per heavy atom. The van der Waals surface area contributed by atoms with Gasteiger partial charge in [0.05, 0.1) is 17.4 Å². The molecule has 0 saturated carbocycles. The lowest BCUT2D eigenvalue weighted by Gasteiger charge is -2.38. The average molecular weight is 394 g/mol. The summed E-state index contributed by atoms with van der Waals surface area (Å²) < 4.78 is 1.74. The van der Waals surface area contributed by atoms with Crippen molar-refractivity contribution in [2.45, 2.75) is 39.7 Å². The summed E-state index contributed by atoms with van der Waals surface area (Å²) in [6.45, 7) is 8.94. The summed E-state index contributed by atoms with van der Waals surface area (Å²) in [7, 11) is 0. The highest BCUT2D eigenvalue weighted by Crippen LogP contribution is 2.33. The Hall–Kier alpha value is -3.16. The number of aromatic nitrogens is 2. The maximum absolute atomic E-state index is 13.3. The number of nitrogens with zero attached hydrogens (tertiary/aromatic N) is 5. The molecule has 1 N–H and O–H groups in total. The van der Waals surface area contributed by atoms with Crippen LogP contribution in [-0.4, -0.2) is 57.6 Å². The number of carbonyl (C=O) groups is 2. The van der Waals surface area contributed by atoms with Gasteiger partial charge < -0.3 is 5.32 Å². The number of carbonyl (C=O) groups excluding carboxylic acids is 2. The first-order valence-electron chi connectivity index (χ1n) is 9.85. The SMILES string of the molecule is Cc1ccccc1-n1ncc2c1N(CC(=O)NC(C)(C)C)C(=O)N1CCCN=C21. The van der Waals surface area contributed by atoms with E-state index in [-0.39, 0.29) is 24.0 Å². The van der Waals surface area contributed by atoms with Gasteiger partial charge in [-0.25, -0.2) is 9.48 Å². The van der Waals surface area contributed by atoms with Crippen LogP contribution in [0.2, 0.25) is 0 Å². The molecule has 0 fully saturated rings. The van der Waals surface area contributed by atoms with Crippen LogP contribution in [0.4, 0.5) is 10.6 Å². The maximum Gasteiger partial charge on any atom is 0.331 e. The molecule has 0 bridgehead atoms. The molecule has 3 heterocycles. The Balaban J connectivity index is 1.82. The monoisotopic (exact) mass is 394 g/mol. The molecule has 8 heteroatoms. The number of benzene rings is 1. The smallest absolute Gasteiger partial charge is 0.331 e. The molecule has 0 radical (unpaired) electrons. The molecule has 152 valence electrons. The molecule has 0 saturated heterocycles. The molecule has 2 aliphatic heterocycles. The van der Waals surface area contributed by atoms with E-state index in [4.69, 9.17) is 0 Å². The van der Waals surface area contributed by atoms with E-state index < -0.39 is 0 Å². The van der Waals surface area contributed by atoms with E-state index in [1.54, 1.807) is 15.8 Å². The van der Waals surface area contributed by atoms with Gasteiger partial charge in [0.15, 0.2) is 5.82 Å². The minimum absolute atomic E-state index is 0.0789. The first kappa shape index (κ1) is 19.2. The first-order chi connectivity index (χ1) is 13.8. The number of anilines is 1. The fourth-order valence-electron chi connectivity index (χ4n) is 3.74. The lowest BCUT2D eigenvalue weighted by molar-refractivity contribution is -0.121. The third kappa shape index (κ3) is 3.50. The van der Waals surface area contributed by atoms with Gasteiger partial charge in [-0.15, -0.1) is 0 Å². The van der Waals surface area contributed by atoms with E-state index in [0.717, 1.165) is 23.2 Å². The van der Waals surface area contributed by atoms with E-state index in [0.29, 0.717) is 24.7 Å². The molecule has 0 spiro atoms. The molecule has 8 nitrogen and oxygen atoms in total. The Morgan fingerprint density at radius 2 is 2.00 bits per heavy atom. The fraction of sp³-hybridized carbons (Fsp3) is 0.429. The van der Waals surface area contributed by atoms with Crippen LogP contribution in [0.5, 0.6) is 0 Å². The van der Waals surface area contributed by atoms with Gasteiger partial charge in [-0.1, -0.05) is 18.2 Å². The zero-order valence-electron chi connectivity index (χ0n) is 17.3. The topological polar surface area (TPSA) is 82.8 Å². The van der Waals surface area contributed by atoms with E-state index in [2.05, 4.69) is 15.4 Å². The van der Waals surface area contributed by atoms with Crippen LogP contribution in [0.3, 0.4) is 0 Å². The molecule has 1 aromatic heterocycles. The fourth-order valence-corrected chi connectivity index (χ4v) is 3.74. The number of hydrogen-bond donors (Lipinski definition) is 1. The second-order valence-electron chi connectivity index (χ2n) is 8.46. The number of amidine groups is 1. The molecule has 0 aliphatic carbocycles. The van der Waals surface area contributed by atoms with Crippen LogP contribution >= 0.6 is 0 Å². The Morgan fingerprint density at radius 1 is 1.24 bits per heavy atom. The van der Waals surface area contributed by atoms with Crippen molar-refractivity contribution in [3.05, 3.63) is 41.6 Å². The highest BCUT2D eigenvalue weighted by molar-refractivity contribution is 6.19. The molecule has 3 amide bonds. The maximum atomic E-state index is 13.3. The van der Waals surface area contributed by atoms with Gasteiger partial charge >= 0.3 is 6.03 Å². The van der Waals surface area contributed by atoms with Gasteiger partial charge in [-0.05, 0) is 45.7 Å². The number of nitrogens with one attached hydrogen (secondary N) is 1. The van der Waals surface area contributed by atoms with E-state index >= 15 is 0 Å². The minimum atomic E-state index is -0.382. The molecule has 2 aromatic rings. The normalized spacial score (nSPS) is 16.3. The van der Waals surface area contributed by atoms with Crippen LogP contribution in [0.1, 0.15) is 38.3 Å². The quantitative estimate of drug-likeness (QED) is 0.868. The lowest BCUT2D eigenvalue weighted by Crippen LogP contribution is -2.56. The van der Waals surface area contributed by atoms with Gasteiger partial charge in [-0.3, -0.25) is 19.6 Å². The zero-order chi connectivity index (χ0) is 20.8. The molecule has 2 aliphatic rings. The van der Waals surface area contributed by atoms with Gasteiger partial charge in [0.2, 0.25) is 5.91 Å². The van der Waals surface area contributed by atoms with E-state index in [1.165, 1.54) is 4.90 Å². The summed E-state index contributed by atoms with van der Waals surface area (Å²) in [6, 6.07) is 7.60. The van der Waals surface area contributed by atoms with Crippen LogP contribution in [0.15, 0.2) is 35.5 Å². The molecule has 0 unspecified atom stereocenters. The van der Waals surface area contributed by atoms with Gasteiger partial charge in [-0.2, -0.15) is 5.10 Å². The molecular weight excluding hydrogens is 368 g/mol. The molecule has 0 atom stereocenters. The highest BCUT2D eigenvalue weighted by atomic mass is 16.2. The second-order valence-corrected chi connectivity index (χ2v) is 8.46. The number of rotatable bonds is 3. The van der Waals surface area contributed by atoms with Gasteiger partial charge in [0.1, 0.15) is 12.4 Å². The van der Waals surface area contributed by atoms with Crippen LogP contribution in [-0.2, 0) is 4.79 Å². The number of para-hydroxylation sites is 1. The Labute approximate surface area is 170 Å². The summed E-state index contributed by atoms with van der Waals surface area (Å²) >= 11 is 0. The number of urea groups is 1. The largest absolute Gasteiger partial charge is 0.350 e. The Bertz CT molecular complexity index is 1000. The number of fused-ring (bicyclic) bond motifs is 3. The van der Waals surface area contributed by atoms with Gasteiger partial charge in [0.25, 0.3) is 0 Å². The van der Waals surface area contributed by atoms with E-state index in [1.807, 2.05) is 52.0 Å². The van der Waals surface area contributed by atoms with Gasteiger partial charge in [0, 0.05) is 18.6 Å². The Kier molecular flexibility index (Phi) is 4.64. The molecule has 29 heavy (non-hydrogen) atoms. The summed E-state index contributed by atoms with van der Waals surface area (Å²) in [4.78, 5) is 33.8. The number of aryl methyl sites for hydroxylation is 1. The van der Waals surface area contributed by atoms with Crippen molar-refractivity contribution < 1.29 is 9.59 Å². The van der Waals surface area contributed by atoms with Crippen molar-refractivity contribution in [1.29, 1.82) is 0 Å². The van der Waals surface area contributed by atoms with Crippen molar-refractivity contribution in [2.24, 2.45) is 4.99 Å². The summed E-state index contributed by atoms with van der Waals surface area (Å²) in [6.07, 6.45) is 2.54. The van der Waals surface area contributed by atoms with Crippen LogP contribution < -0.4 is 10.2 Å². The highest BCUT2D eigenvalue weighted by Gasteiger charge is 2.40. The third-order valence-corrected chi connectivity index (χ3v) is 4.92. The zero-order valence-corrected chi connectivity index (χ0v) is 17.3. The number of aliphatic imine (C=N–C) groups is 1. The summed E-state index contributed by atoms with van der Waals surface area (Å²) in [5.74, 6) is 1.01. The average Bonchev–Trinajstić information content (AvgIpc) is 3.09. The van der Waals surface area contributed by atoms with Crippen LogP contribution in [0, 0.1) is 6.92 Å². The standard InChI is InChI=1S/C21H26N6O2/c1-14-8-5-6-9-16(14)27-19-15(12-23-27)18-22-10-7-11-25(18)20(29)26(19)13-17(28)24-21(2,3)4/h5-6,8-9,12H,7,10-11,13H2,1-4H3,(H,24,28). The van der Waals surface area contributed by atoms with Crippen LogP contribution in [0.25, 0.3) is 5.69 Å². The molecular formula is C21H26N6O2.